The first kappa shape index (κ1) is 36.9. The van der Waals surface area contributed by atoms with Gasteiger partial charge in [-0.25, -0.2) is 0 Å². The zero-order valence-electron chi connectivity index (χ0n) is 25.1. The molecule has 1 aliphatic rings. The maximum absolute atomic E-state index is 13.3. The average Bonchev–Trinajstić information content (AvgIpc) is 3.41. The van der Waals surface area contributed by atoms with Crippen LogP contribution >= 0.6 is 0 Å². The number of nitrogens with one attached hydrogen (secondary N) is 3. The van der Waals surface area contributed by atoms with E-state index in [1.165, 1.54) is 4.90 Å². The summed E-state index contributed by atoms with van der Waals surface area (Å²) < 4.78 is 0. The summed E-state index contributed by atoms with van der Waals surface area (Å²) in [7, 11) is 0. The number of carbonyl (C=O) groups is 5. The lowest BCUT2D eigenvalue weighted by atomic mass is 10.0. The van der Waals surface area contributed by atoms with Crippen molar-refractivity contribution in [3.8, 4) is 0 Å². The monoisotopic (exact) mass is 611 g/mol. The Morgan fingerprint density at radius 1 is 0.884 bits per heavy atom. The molecule has 1 fully saturated rings. The van der Waals surface area contributed by atoms with E-state index in [0.29, 0.717) is 58.2 Å². The number of amides is 5. The fourth-order valence-corrected chi connectivity index (χ4v) is 4.56. The molecule has 1 rings (SSSR count). The van der Waals surface area contributed by atoms with Crippen LogP contribution in [0.4, 0.5) is 0 Å². The molecular weight excluding hydrogens is 562 g/mol. The average molecular weight is 612 g/mol. The molecule has 14 N–H and O–H groups in total. The molecule has 0 radical (unpaired) electrons. The lowest BCUT2D eigenvalue weighted by Gasteiger charge is -2.28. The van der Waals surface area contributed by atoms with Crippen molar-refractivity contribution in [2.24, 2.45) is 44.6 Å². The SMILES string of the molecule is CC(C)CC(NC(=O)C(O)CC(=O)NC(CCCN=C(N)N)C(=O)N1CCCC1C(N)=O)C(=O)NCCCCN=C(N)N. The van der Waals surface area contributed by atoms with Gasteiger partial charge in [-0.15, -0.1) is 0 Å². The summed E-state index contributed by atoms with van der Waals surface area (Å²) in [5.74, 6) is -3.36. The highest BCUT2D eigenvalue weighted by molar-refractivity contribution is 5.94. The van der Waals surface area contributed by atoms with Gasteiger partial charge in [-0.3, -0.25) is 34.0 Å². The van der Waals surface area contributed by atoms with Gasteiger partial charge >= 0.3 is 0 Å². The van der Waals surface area contributed by atoms with Crippen molar-refractivity contribution >= 4 is 41.5 Å². The maximum atomic E-state index is 13.3. The van der Waals surface area contributed by atoms with Crippen molar-refractivity contribution in [3.05, 3.63) is 0 Å². The highest BCUT2D eigenvalue weighted by Crippen LogP contribution is 2.19. The normalized spacial score (nSPS) is 16.5. The molecule has 4 atom stereocenters. The number of aliphatic imine (C=N–C) groups is 2. The second-order valence-corrected chi connectivity index (χ2v) is 10.9. The molecule has 1 heterocycles. The summed E-state index contributed by atoms with van der Waals surface area (Å²) in [5, 5.41) is 18.3. The Morgan fingerprint density at radius 2 is 1.51 bits per heavy atom. The van der Waals surface area contributed by atoms with E-state index < -0.39 is 60.2 Å². The molecule has 17 heteroatoms. The number of nitrogens with two attached hydrogens (primary N) is 5. The number of aliphatic hydroxyl groups is 1. The molecule has 0 saturated carbocycles. The van der Waals surface area contributed by atoms with Gasteiger partial charge in [0.15, 0.2) is 11.9 Å². The Hall–Kier alpha value is -4.15. The van der Waals surface area contributed by atoms with Gasteiger partial charge in [-0.05, 0) is 50.9 Å². The number of guanidine groups is 2. The van der Waals surface area contributed by atoms with Crippen LogP contribution in [0.15, 0.2) is 9.98 Å². The lowest BCUT2D eigenvalue weighted by molar-refractivity contribution is -0.142. The number of nitrogens with zero attached hydrogens (tertiary/aromatic N) is 3. The Balaban J connectivity index is 2.79. The van der Waals surface area contributed by atoms with Gasteiger partial charge in [0.1, 0.15) is 24.2 Å². The van der Waals surface area contributed by atoms with E-state index in [0.717, 1.165) is 0 Å². The molecule has 1 aliphatic heterocycles. The topological polar surface area (TPSA) is 300 Å². The quantitative estimate of drug-likeness (QED) is 0.0393. The minimum Gasteiger partial charge on any atom is -0.383 e. The number of carbonyl (C=O) groups excluding carboxylic acids is 5. The predicted molar refractivity (Wildman–Crippen MR) is 161 cm³/mol. The number of aliphatic hydroxyl groups excluding tert-OH is 1. The summed E-state index contributed by atoms with van der Waals surface area (Å²) in [6.45, 7) is 5.00. The Kier molecular flexibility index (Phi) is 16.4. The lowest BCUT2D eigenvalue weighted by Crippen LogP contribution is -2.54. The second kappa shape index (κ2) is 19.1. The third-order valence-electron chi connectivity index (χ3n) is 6.64. The van der Waals surface area contributed by atoms with E-state index in [4.69, 9.17) is 28.7 Å². The predicted octanol–water partition coefficient (Wildman–Crippen LogP) is -3.55. The van der Waals surface area contributed by atoms with E-state index in [1.807, 2.05) is 13.8 Å². The Morgan fingerprint density at radius 3 is 2.09 bits per heavy atom. The standard InChI is InChI=1S/C26H49N11O6/c1-15(2)13-17(22(41)32-9-3-4-10-33-25(28)29)36-23(42)19(38)14-20(39)35-16(7-5-11-34-26(30)31)24(43)37-12-6-8-18(37)21(27)40/h15-19,38H,3-14H2,1-2H3,(H2,27,40)(H,32,41)(H,35,39)(H,36,42)(H4,28,29,33)(H4,30,31,34). The van der Waals surface area contributed by atoms with Gasteiger partial charge in [-0.1, -0.05) is 13.8 Å². The zero-order valence-corrected chi connectivity index (χ0v) is 25.1. The Labute approximate surface area is 251 Å². The molecule has 0 aromatic carbocycles. The van der Waals surface area contributed by atoms with E-state index in [-0.39, 0.29) is 30.8 Å². The van der Waals surface area contributed by atoms with E-state index in [1.54, 1.807) is 0 Å². The first-order valence-electron chi connectivity index (χ1n) is 14.5. The summed E-state index contributed by atoms with van der Waals surface area (Å²) in [6, 6.07) is -2.79. The minimum absolute atomic E-state index is 0.00994. The number of hydrogen-bond donors (Lipinski definition) is 9. The van der Waals surface area contributed by atoms with Gasteiger partial charge < -0.3 is 54.6 Å². The van der Waals surface area contributed by atoms with Crippen molar-refractivity contribution in [1.82, 2.24) is 20.9 Å². The van der Waals surface area contributed by atoms with Crippen LogP contribution in [-0.2, 0) is 24.0 Å². The minimum atomic E-state index is -1.79. The van der Waals surface area contributed by atoms with Gasteiger partial charge in [0, 0.05) is 26.2 Å². The van der Waals surface area contributed by atoms with Crippen LogP contribution in [0.2, 0.25) is 0 Å². The van der Waals surface area contributed by atoms with Gasteiger partial charge in [0.2, 0.25) is 29.5 Å². The second-order valence-electron chi connectivity index (χ2n) is 10.9. The number of likely N-dealkylation sites (tertiary alicyclic amines) is 1. The third kappa shape index (κ3) is 14.5. The largest absolute Gasteiger partial charge is 0.383 e. The summed E-state index contributed by atoms with van der Waals surface area (Å²) in [6.07, 6.45) is 0.555. The fourth-order valence-electron chi connectivity index (χ4n) is 4.56. The van der Waals surface area contributed by atoms with Crippen LogP contribution in [0.25, 0.3) is 0 Å². The first-order chi connectivity index (χ1) is 20.2. The Bertz CT molecular complexity index is 1010. The highest BCUT2D eigenvalue weighted by Gasteiger charge is 2.37. The van der Waals surface area contributed by atoms with Crippen LogP contribution in [0.3, 0.4) is 0 Å². The van der Waals surface area contributed by atoms with Crippen LogP contribution in [-0.4, -0.2) is 102 Å². The molecule has 43 heavy (non-hydrogen) atoms. The number of primary amides is 1. The van der Waals surface area contributed by atoms with Crippen LogP contribution in [0.1, 0.15) is 65.2 Å². The highest BCUT2D eigenvalue weighted by atomic mass is 16.3. The van der Waals surface area contributed by atoms with Crippen molar-refractivity contribution in [2.75, 3.05) is 26.2 Å². The smallest absolute Gasteiger partial charge is 0.250 e. The first-order valence-corrected chi connectivity index (χ1v) is 14.5. The van der Waals surface area contributed by atoms with Gasteiger partial charge in [0.05, 0.1) is 6.42 Å². The van der Waals surface area contributed by atoms with Gasteiger partial charge in [-0.2, -0.15) is 0 Å². The van der Waals surface area contributed by atoms with Crippen LogP contribution in [0.5, 0.6) is 0 Å². The van der Waals surface area contributed by atoms with E-state index in [2.05, 4.69) is 25.9 Å². The molecule has 5 amide bonds. The van der Waals surface area contributed by atoms with E-state index in [9.17, 15) is 29.1 Å². The fraction of sp³-hybridized carbons (Fsp3) is 0.731. The van der Waals surface area contributed by atoms with Gasteiger partial charge in [0.25, 0.3) is 0 Å². The molecule has 4 unspecified atom stereocenters. The number of rotatable bonds is 19. The zero-order chi connectivity index (χ0) is 32.5. The molecule has 0 aliphatic carbocycles. The van der Waals surface area contributed by atoms with Crippen LogP contribution in [0, 0.1) is 5.92 Å². The summed E-state index contributed by atoms with van der Waals surface area (Å²) in [5.41, 5.74) is 26.7. The molecule has 0 aromatic rings. The van der Waals surface area contributed by atoms with Crippen molar-refractivity contribution in [3.63, 3.8) is 0 Å². The van der Waals surface area contributed by atoms with Crippen LogP contribution < -0.4 is 44.6 Å². The van der Waals surface area contributed by atoms with Crippen molar-refractivity contribution in [2.45, 2.75) is 89.4 Å². The molecule has 17 nitrogen and oxygen atoms in total. The molecule has 1 saturated heterocycles. The molecule has 0 bridgehead atoms. The molecule has 0 aromatic heterocycles. The number of unbranched alkanes of at least 4 members (excludes halogenated alkanes) is 1. The van der Waals surface area contributed by atoms with Crippen molar-refractivity contribution < 1.29 is 29.1 Å². The molecule has 0 spiro atoms. The van der Waals surface area contributed by atoms with E-state index >= 15 is 0 Å². The third-order valence-corrected chi connectivity index (χ3v) is 6.64. The summed E-state index contributed by atoms with van der Waals surface area (Å²) in [4.78, 5) is 72.4. The van der Waals surface area contributed by atoms with Crippen molar-refractivity contribution in [1.29, 1.82) is 0 Å². The molecule has 244 valence electrons. The maximum Gasteiger partial charge on any atom is 0.250 e. The molecular formula is C26H49N11O6. The number of hydrogen-bond acceptors (Lipinski definition) is 8. The summed E-state index contributed by atoms with van der Waals surface area (Å²) >= 11 is 0.